The van der Waals surface area contributed by atoms with Gasteiger partial charge in [-0.15, -0.1) is 11.3 Å². The number of rotatable bonds is 2. The van der Waals surface area contributed by atoms with Crippen molar-refractivity contribution in [3.8, 4) is 0 Å². The van der Waals surface area contributed by atoms with Crippen LogP contribution < -0.4 is 0 Å². The fourth-order valence-corrected chi connectivity index (χ4v) is 5.14. The Morgan fingerprint density at radius 2 is 1.94 bits per heavy atom. The number of epoxide rings is 1. The normalized spacial score (nSPS) is 35.8. The Kier molecular flexibility index (Phi) is 8.64. The van der Waals surface area contributed by atoms with Crippen LogP contribution >= 0.6 is 11.3 Å². The van der Waals surface area contributed by atoms with Crippen LogP contribution in [0.15, 0.2) is 11.0 Å². The van der Waals surface area contributed by atoms with Gasteiger partial charge in [-0.2, -0.15) is 0 Å². The predicted molar refractivity (Wildman–Crippen MR) is 125 cm³/mol. The van der Waals surface area contributed by atoms with Crippen molar-refractivity contribution in [2.45, 2.75) is 97.6 Å². The van der Waals surface area contributed by atoms with Crippen LogP contribution in [-0.2, 0) is 19.1 Å². The van der Waals surface area contributed by atoms with E-state index in [4.69, 9.17) is 9.47 Å². The van der Waals surface area contributed by atoms with Crippen molar-refractivity contribution in [3.05, 3.63) is 21.7 Å². The van der Waals surface area contributed by atoms with E-state index in [1.54, 1.807) is 18.3 Å². The van der Waals surface area contributed by atoms with Crippen LogP contribution in [0.3, 0.4) is 0 Å². The van der Waals surface area contributed by atoms with E-state index in [1.807, 2.05) is 39.2 Å². The molecule has 1 aromatic heterocycles. The first-order chi connectivity index (χ1) is 15.2. The quantitative estimate of drug-likeness (QED) is 0.504. The first kappa shape index (κ1) is 25.1. The molecular formula is C25H37NO5S. The average molecular weight is 464 g/mol. The topological polar surface area (TPSA) is 89.0 Å². The highest BCUT2D eigenvalue weighted by Gasteiger charge is 2.41. The third kappa shape index (κ3) is 6.72. The highest BCUT2D eigenvalue weighted by atomic mass is 32.1. The summed E-state index contributed by atoms with van der Waals surface area (Å²) in [5.41, 5.74) is 1.83. The molecule has 3 heterocycles. The second-order valence-electron chi connectivity index (χ2n) is 9.64. The van der Waals surface area contributed by atoms with Gasteiger partial charge in [0.05, 0.1) is 29.0 Å². The number of aliphatic hydroxyl groups excluding tert-OH is 1. The lowest BCUT2D eigenvalue weighted by Crippen LogP contribution is -2.34. The molecule has 1 aromatic rings. The van der Waals surface area contributed by atoms with Crippen LogP contribution in [0.5, 0.6) is 0 Å². The molecule has 0 amide bonds. The van der Waals surface area contributed by atoms with Crippen LogP contribution in [0.4, 0.5) is 0 Å². The van der Waals surface area contributed by atoms with Crippen LogP contribution in [0.1, 0.15) is 76.9 Å². The number of cyclic esters (lactones) is 1. The number of Topliss-reactive ketones (excluding diaryl/α,β-unsaturated/α-hetero) is 1. The van der Waals surface area contributed by atoms with E-state index in [0.29, 0.717) is 12.8 Å². The Hall–Kier alpha value is -1.57. The lowest BCUT2D eigenvalue weighted by Gasteiger charge is -2.26. The van der Waals surface area contributed by atoms with Crippen molar-refractivity contribution in [1.82, 2.24) is 4.98 Å². The average Bonchev–Trinajstić information content (AvgIpc) is 3.37. The maximum Gasteiger partial charge on any atom is 0.306 e. The molecule has 1 N–H and O–H groups in total. The number of hydrogen-bond donors (Lipinski definition) is 1. The summed E-state index contributed by atoms with van der Waals surface area (Å²) >= 11 is 1.59. The molecule has 178 valence electrons. The molecule has 32 heavy (non-hydrogen) atoms. The smallest absolute Gasteiger partial charge is 0.306 e. The minimum absolute atomic E-state index is 0.0152. The summed E-state index contributed by atoms with van der Waals surface area (Å²) < 4.78 is 11.7. The molecule has 0 spiro atoms. The number of nitrogens with zero attached hydrogens (tertiary/aromatic N) is 1. The van der Waals surface area contributed by atoms with Crippen LogP contribution in [-0.4, -0.2) is 46.3 Å². The van der Waals surface area contributed by atoms with Crippen molar-refractivity contribution in [2.75, 3.05) is 0 Å². The van der Waals surface area contributed by atoms with Crippen molar-refractivity contribution in [2.24, 2.45) is 17.8 Å². The minimum Gasteiger partial charge on any atom is -0.458 e. The molecule has 0 aromatic carbocycles. The standard InChI is InChI=1S/C25H37NO5S/c1-14-7-6-8-20-22(30-20)12-21(16(3)11-19-13-32-18(5)26-19)31-23(27)10-9-15(2)25(29)17(4)24(14)28/h11,13-15,17,20-22,24,28H,6-10,12H2,1-5H3/b16-11+/t14-,15-,17+,20+,21-,22-,24-/m0/s1. The maximum absolute atomic E-state index is 12.8. The Bertz CT molecular complexity index is 834. The maximum atomic E-state index is 12.8. The molecule has 2 fully saturated rings. The van der Waals surface area contributed by atoms with Gasteiger partial charge < -0.3 is 14.6 Å². The molecule has 2 aliphatic heterocycles. The zero-order valence-electron chi connectivity index (χ0n) is 19.9. The van der Waals surface area contributed by atoms with Crippen molar-refractivity contribution >= 4 is 29.2 Å². The number of ketones is 1. The van der Waals surface area contributed by atoms with Gasteiger partial charge in [0.25, 0.3) is 0 Å². The van der Waals surface area contributed by atoms with Crippen molar-refractivity contribution < 1.29 is 24.2 Å². The number of fused-ring (bicyclic) bond motifs is 1. The zero-order valence-corrected chi connectivity index (χ0v) is 20.7. The van der Waals surface area contributed by atoms with E-state index in [9.17, 15) is 14.7 Å². The molecule has 2 aliphatic rings. The first-order valence-corrected chi connectivity index (χ1v) is 12.7. The summed E-state index contributed by atoms with van der Waals surface area (Å²) in [5.74, 6) is -0.968. The van der Waals surface area contributed by atoms with Gasteiger partial charge in [0.2, 0.25) is 0 Å². The number of aryl methyl sites for hydroxylation is 1. The number of carbonyl (C=O) groups excluding carboxylic acids is 2. The second-order valence-corrected chi connectivity index (χ2v) is 10.7. The Morgan fingerprint density at radius 3 is 2.62 bits per heavy atom. The molecule has 7 heteroatoms. The molecule has 0 aliphatic carbocycles. The molecule has 0 saturated carbocycles. The Balaban J connectivity index is 1.73. The molecular weight excluding hydrogens is 426 g/mol. The summed E-state index contributed by atoms with van der Waals surface area (Å²) in [5, 5.41) is 13.6. The predicted octanol–water partition coefficient (Wildman–Crippen LogP) is 4.73. The molecule has 6 nitrogen and oxygen atoms in total. The summed E-state index contributed by atoms with van der Waals surface area (Å²) in [6, 6.07) is 0. The third-order valence-electron chi connectivity index (χ3n) is 6.89. The van der Waals surface area contributed by atoms with Crippen molar-refractivity contribution in [1.29, 1.82) is 0 Å². The van der Waals surface area contributed by atoms with Gasteiger partial charge in [0.1, 0.15) is 11.9 Å². The third-order valence-corrected chi connectivity index (χ3v) is 7.68. The SMILES string of the molecule is C/C(=C\c1csc(C)n1)[C@@H]1C[C@@H]2O[C@@H]2CCC[C@H](C)[C@H](O)[C@@H](C)C(=O)[C@@H](C)CCC(=O)O1. The van der Waals surface area contributed by atoms with Crippen LogP contribution in [0.25, 0.3) is 6.08 Å². The van der Waals surface area contributed by atoms with E-state index in [1.165, 1.54) is 0 Å². The van der Waals surface area contributed by atoms with E-state index < -0.39 is 12.0 Å². The van der Waals surface area contributed by atoms with Gasteiger partial charge in [-0.05, 0) is 50.7 Å². The summed E-state index contributed by atoms with van der Waals surface area (Å²) in [7, 11) is 0. The monoisotopic (exact) mass is 463 g/mol. The van der Waals surface area contributed by atoms with Gasteiger partial charge >= 0.3 is 5.97 Å². The molecule has 2 saturated heterocycles. The lowest BCUT2D eigenvalue weighted by molar-refractivity contribution is -0.148. The first-order valence-electron chi connectivity index (χ1n) is 11.8. The van der Waals surface area contributed by atoms with E-state index in [-0.39, 0.29) is 48.3 Å². The molecule has 0 radical (unpaired) electrons. The number of carbonyl (C=O) groups is 2. The Morgan fingerprint density at radius 1 is 1.19 bits per heavy atom. The number of ether oxygens (including phenoxy) is 2. The zero-order chi connectivity index (χ0) is 23.4. The summed E-state index contributed by atoms with van der Waals surface area (Å²) in [4.78, 5) is 29.9. The number of esters is 1. The molecule has 0 bridgehead atoms. The Labute approximate surface area is 195 Å². The van der Waals surface area contributed by atoms with Gasteiger partial charge in [-0.3, -0.25) is 9.59 Å². The second kappa shape index (κ2) is 11.0. The lowest BCUT2D eigenvalue weighted by atomic mass is 9.82. The highest BCUT2D eigenvalue weighted by Crippen LogP contribution is 2.35. The van der Waals surface area contributed by atoms with Gasteiger partial charge in [-0.1, -0.05) is 27.2 Å². The van der Waals surface area contributed by atoms with Gasteiger partial charge in [-0.25, -0.2) is 4.98 Å². The van der Waals surface area contributed by atoms with Gasteiger partial charge in [0.15, 0.2) is 0 Å². The highest BCUT2D eigenvalue weighted by molar-refractivity contribution is 7.09. The molecule has 7 atom stereocenters. The molecule has 3 rings (SSSR count). The minimum atomic E-state index is -0.660. The van der Waals surface area contributed by atoms with Crippen LogP contribution in [0, 0.1) is 24.7 Å². The van der Waals surface area contributed by atoms with Gasteiger partial charge in [0, 0.05) is 30.1 Å². The number of aromatic nitrogens is 1. The van der Waals surface area contributed by atoms with E-state index in [0.717, 1.165) is 35.5 Å². The fraction of sp³-hybridized carbons (Fsp3) is 0.720. The fourth-order valence-electron chi connectivity index (χ4n) is 4.57. The summed E-state index contributed by atoms with van der Waals surface area (Å²) in [6.07, 6.45) is 5.15. The largest absolute Gasteiger partial charge is 0.458 e. The van der Waals surface area contributed by atoms with Crippen molar-refractivity contribution in [3.63, 3.8) is 0 Å². The molecule has 0 unspecified atom stereocenters. The number of thiazole rings is 1. The van der Waals surface area contributed by atoms with E-state index in [2.05, 4.69) is 4.98 Å². The number of aliphatic hydroxyl groups is 1. The van der Waals surface area contributed by atoms with E-state index >= 15 is 0 Å². The number of hydrogen-bond acceptors (Lipinski definition) is 7. The van der Waals surface area contributed by atoms with Crippen LogP contribution in [0.2, 0.25) is 0 Å². The summed E-state index contributed by atoms with van der Waals surface area (Å²) in [6.45, 7) is 9.58.